The summed E-state index contributed by atoms with van der Waals surface area (Å²) in [6.07, 6.45) is 9.31. The molecule has 1 N–H and O–H groups in total. The zero-order valence-corrected chi connectivity index (χ0v) is 14.4. The second kappa shape index (κ2) is 5.59. The van der Waals surface area contributed by atoms with Gasteiger partial charge in [-0.3, -0.25) is 0 Å². The lowest BCUT2D eigenvalue weighted by Gasteiger charge is -2.25. The number of rotatable bonds is 2. The first-order chi connectivity index (χ1) is 12.3. The molecule has 4 aromatic rings. The number of anilines is 1. The van der Waals surface area contributed by atoms with E-state index in [-0.39, 0.29) is 0 Å². The van der Waals surface area contributed by atoms with E-state index < -0.39 is 0 Å². The fourth-order valence-electron chi connectivity index (χ4n) is 3.13. The summed E-state index contributed by atoms with van der Waals surface area (Å²) in [5.74, 6) is 1.83. The zero-order chi connectivity index (χ0) is 16.8. The van der Waals surface area contributed by atoms with Crippen molar-refractivity contribution in [1.82, 2.24) is 29.5 Å². The highest BCUT2D eigenvalue weighted by Gasteiger charge is 2.20. The molecule has 0 bridgehead atoms. The lowest BCUT2D eigenvalue weighted by molar-refractivity contribution is 0.925. The van der Waals surface area contributed by atoms with Gasteiger partial charge in [0.05, 0.1) is 6.33 Å². The molecule has 1 aliphatic heterocycles. The number of H-pyrrole nitrogens is 1. The molecule has 0 unspecified atom stereocenters. The lowest BCUT2D eigenvalue weighted by atomic mass is 10.2. The Morgan fingerprint density at radius 3 is 3.08 bits per heavy atom. The minimum absolute atomic E-state index is 0.828. The summed E-state index contributed by atoms with van der Waals surface area (Å²) in [5, 5.41) is 1.13. The maximum Gasteiger partial charge on any atom is 0.165 e. The standard InChI is InChI=1S/C17H15N7S/c1-23-10-22-14-16(23)20-9-21-17(14)24-6-7-25-13(8-24)11-2-4-18-15-12(11)3-5-19-15/h2-5,8-10H,6-7H2,1H3,(H,18,19). The van der Waals surface area contributed by atoms with Crippen LogP contribution in [0.1, 0.15) is 5.56 Å². The average Bonchev–Trinajstić information content (AvgIpc) is 3.28. The van der Waals surface area contributed by atoms with Gasteiger partial charge in [0, 0.05) is 53.8 Å². The normalized spacial score (nSPS) is 15.1. The summed E-state index contributed by atoms with van der Waals surface area (Å²) in [6.45, 7) is 0.887. The van der Waals surface area contributed by atoms with E-state index in [1.165, 1.54) is 10.5 Å². The van der Waals surface area contributed by atoms with Gasteiger partial charge in [0.1, 0.15) is 12.0 Å². The molecule has 8 heteroatoms. The number of hydrogen-bond acceptors (Lipinski definition) is 6. The second-order valence-electron chi connectivity index (χ2n) is 5.86. The maximum absolute atomic E-state index is 4.49. The molecule has 4 aromatic heterocycles. The van der Waals surface area contributed by atoms with Crippen LogP contribution in [-0.2, 0) is 7.05 Å². The molecule has 1 aliphatic rings. The summed E-state index contributed by atoms with van der Waals surface area (Å²) in [5.41, 5.74) is 3.77. The molecular formula is C17H15N7S. The van der Waals surface area contributed by atoms with E-state index >= 15 is 0 Å². The molecule has 124 valence electrons. The van der Waals surface area contributed by atoms with Crippen LogP contribution in [0.2, 0.25) is 0 Å². The topological polar surface area (TPSA) is 75.5 Å². The van der Waals surface area contributed by atoms with Crippen molar-refractivity contribution in [2.24, 2.45) is 7.05 Å². The van der Waals surface area contributed by atoms with Gasteiger partial charge in [0.15, 0.2) is 17.0 Å². The van der Waals surface area contributed by atoms with E-state index in [4.69, 9.17) is 0 Å². The highest BCUT2D eigenvalue weighted by atomic mass is 32.2. The molecule has 25 heavy (non-hydrogen) atoms. The summed E-state index contributed by atoms with van der Waals surface area (Å²) in [6, 6.07) is 4.13. The smallest absolute Gasteiger partial charge is 0.165 e. The Kier molecular flexibility index (Phi) is 3.24. The van der Waals surface area contributed by atoms with Gasteiger partial charge in [-0.05, 0) is 12.1 Å². The number of pyridine rings is 1. The van der Waals surface area contributed by atoms with E-state index in [2.05, 4.69) is 48.2 Å². The first kappa shape index (κ1) is 14.5. The van der Waals surface area contributed by atoms with Crippen LogP contribution in [0.25, 0.3) is 27.1 Å². The lowest BCUT2D eigenvalue weighted by Crippen LogP contribution is -2.24. The molecule has 7 nitrogen and oxygen atoms in total. The van der Waals surface area contributed by atoms with Gasteiger partial charge in [-0.2, -0.15) is 0 Å². The first-order valence-corrected chi connectivity index (χ1v) is 8.95. The van der Waals surface area contributed by atoms with E-state index in [1.54, 1.807) is 12.7 Å². The van der Waals surface area contributed by atoms with Crippen molar-refractivity contribution in [2.45, 2.75) is 0 Å². The van der Waals surface area contributed by atoms with Crippen LogP contribution < -0.4 is 4.90 Å². The average molecular weight is 349 g/mol. The molecule has 0 aliphatic carbocycles. The van der Waals surface area contributed by atoms with Gasteiger partial charge in [-0.15, -0.1) is 11.8 Å². The highest BCUT2D eigenvalue weighted by molar-refractivity contribution is 8.08. The number of imidazole rings is 1. The van der Waals surface area contributed by atoms with E-state index in [1.807, 2.05) is 35.8 Å². The van der Waals surface area contributed by atoms with Crippen LogP contribution in [0.4, 0.5) is 5.82 Å². The highest BCUT2D eigenvalue weighted by Crippen LogP contribution is 2.36. The number of aromatic amines is 1. The molecule has 0 saturated carbocycles. The Hall–Kier alpha value is -2.87. The van der Waals surface area contributed by atoms with Crippen LogP contribution >= 0.6 is 11.8 Å². The minimum atomic E-state index is 0.828. The summed E-state index contributed by atoms with van der Waals surface area (Å²) in [7, 11) is 1.94. The third-order valence-corrected chi connectivity index (χ3v) is 5.36. The van der Waals surface area contributed by atoms with Crippen LogP contribution in [0.5, 0.6) is 0 Å². The predicted octanol–water partition coefficient (Wildman–Crippen LogP) is 2.79. The molecule has 5 rings (SSSR count). The van der Waals surface area contributed by atoms with Gasteiger partial charge < -0.3 is 14.5 Å². The van der Waals surface area contributed by atoms with Crippen molar-refractivity contribution in [2.75, 3.05) is 17.2 Å². The molecule has 0 saturated heterocycles. The molecule has 0 atom stereocenters. The van der Waals surface area contributed by atoms with Crippen molar-refractivity contribution in [3.8, 4) is 0 Å². The second-order valence-corrected chi connectivity index (χ2v) is 7.00. The number of hydrogen-bond donors (Lipinski definition) is 1. The molecule has 0 fully saturated rings. The van der Waals surface area contributed by atoms with Crippen molar-refractivity contribution < 1.29 is 0 Å². The summed E-state index contributed by atoms with van der Waals surface area (Å²) in [4.78, 5) is 24.2. The quantitative estimate of drug-likeness (QED) is 0.600. The molecule has 0 spiro atoms. The largest absolute Gasteiger partial charge is 0.346 e. The number of thioether (sulfide) groups is 1. The van der Waals surface area contributed by atoms with Gasteiger partial charge in [-0.25, -0.2) is 19.9 Å². The number of fused-ring (bicyclic) bond motifs is 2. The van der Waals surface area contributed by atoms with Crippen LogP contribution in [0.3, 0.4) is 0 Å². The third-order valence-electron chi connectivity index (χ3n) is 4.34. The molecule has 0 amide bonds. The Labute approximate surface area is 147 Å². The van der Waals surface area contributed by atoms with Gasteiger partial charge in [0.25, 0.3) is 0 Å². The molecule has 0 aromatic carbocycles. The number of nitrogens with zero attached hydrogens (tertiary/aromatic N) is 6. The summed E-state index contributed by atoms with van der Waals surface area (Å²) >= 11 is 1.85. The van der Waals surface area contributed by atoms with Crippen molar-refractivity contribution in [3.05, 3.63) is 48.9 Å². The molecular weight excluding hydrogens is 334 g/mol. The van der Waals surface area contributed by atoms with Crippen molar-refractivity contribution in [3.63, 3.8) is 0 Å². The monoisotopic (exact) mass is 349 g/mol. The van der Waals surface area contributed by atoms with Gasteiger partial charge in [0.2, 0.25) is 0 Å². The number of nitrogens with one attached hydrogen (secondary N) is 1. The molecule has 5 heterocycles. The van der Waals surface area contributed by atoms with E-state index in [9.17, 15) is 0 Å². The Morgan fingerprint density at radius 2 is 2.12 bits per heavy atom. The maximum atomic E-state index is 4.49. The van der Waals surface area contributed by atoms with Crippen molar-refractivity contribution in [1.29, 1.82) is 0 Å². The van der Waals surface area contributed by atoms with E-state index in [0.29, 0.717) is 0 Å². The SMILES string of the molecule is Cn1cnc2c(N3C=C(c4ccnc5[nH]ccc45)SCC3)ncnc21. The first-order valence-electron chi connectivity index (χ1n) is 7.97. The van der Waals surface area contributed by atoms with Gasteiger partial charge >= 0.3 is 0 Å². The van der Waals surface area contributed by atoms with Crippen LogP contribution in [0.15, 0.2) is 43.4 Å². The zero-order valence-electron chi connectivity index (χ0n) is 13.5. The van der Waals surface area contributed by atoms with Crippen LogP contribution in [0, 0.1) is 0 Å². The Morgan fingerprint density at radius 1 is 1.16 bits per heavy atom. The van der Waals surface area contributed by atoms with Gasteiger partial charge in [-0.1, -0.05) is 0 Å². The van der Waals surface area contributed by atoms with Crippen LogP contribution in [-0.4, -0.2) is 41.8 Å². The number of aryl methyl sites for hydroxylation is 1. The Balaban J connectivity index is 1.63. The molecule has 0 radical (unpaired) electrons. The number of aromatic nitrogens is 6. The minimum Gasteiger partial charge on any atom is -0.346 e. The fraction of sp³-hybridized carbons (Fsp3) is 0.176. The van der Waals surface area contributed by atoms with E-state index in [0.717, 1.165) is 40.3 Å². The Bertz CT molecular complexity index is 1110. The fourth-order valence-corrected chi connectivity index (χ4v) is 4.17. The predicted molar refractivity (Wildman–Crippen MR) is 100 cm³/mol. The third kappa shape index (κ3) is 2.29. The van der Waals surface area contributed by atoms with Crippen molar-refractivity contribution >= 4 is 44.7 Å². The summed E-state index contributed by atoms with van der Waals surface area (Å²) < 4.78 is 1.91.